The molecule has 7 heteroatoms. The minimum absolute atomic E-state index is 0.0150. The highest BCUT2D eigenvalue weighted by Crippen LogP contribution is 2.16. The molecule has 0 aromatic carbocycles. The second-order valence-electron chi connectivity index (χ2n) is 4.12. The highest BCUT2D eigenvalue weighted by atomic mass is 16.3. The molecule has 0 unspecified atom stereocenters. The lowest BCUT2D eigenvalue weighted by Gasteiger charge is -2.10. The van der Waals surface area contributed by atoms with E-state index in [1.165, 1.54) is 19.1 Å². The molecule has 1 aromatic heterocycles. The maximum absolute atomic E-state index is 11.6. The Labute approximate surface area is 107 Å². The predicted octanol–water partition coefficient (Wildman–Crippen LogP) is 0.0641. The molecule has 98 valence electrons. The summed E-state index contributed by atoms with van der Waals surface area (Å²) in [5, 5.41) is 11.4. The summed E-state index contributed by atoms with van der Waals surface area (Å²) in [4.78, 5) is 40.4. The Bertz CT molecular complexity index is 697. The Morgan fingerprint density at radius 1 is 1.16 bits per heavy atom. The van der Waals surface area contributed by atoms with Crippen molar-refractivity contribution in [2.24, 2.45) is 4.99 Å². The van der Waals surface area contributed by atoms with Crippen molar-refractivity contribution in [3.8, 4) is 5.88 Å². The molecule has 1 aliphatic heterocycles. The zero-order chi connectivity index (χ0) is 14.2. The molecular formula is C12H11N3O4. The van der Waals surface area contributed by atoms with Crippen LogP contribution in [0.2, 0.25) is 0 Å². The fourth-order valence-electron chi connectivity index (χ4n) is 1.51. The van der Waals surface area contributed by atoms with Gasteiger partial charge in [-0.3, -0.25) is 24.7 Å². The first-order valence-electron chi connectivity index (χ1n) is 5.44. The zero-order valence-corrected chi connectivity index (χ0v) is 10.3. The predicted molar refractivity (Wildman–Crippen MR) is 67.5 cm³/mol. The number of aromatic nitrogens is 1. The summed E-state index contributed by atoms with van der Waals surface area (Å²) < 4.78 is 0. The van der Waals surface area contributed by atoms with Gasteiger partial charge in [0, 0.05) is 11.1 Å². The quantitative estimate of drug-likeness (QED) is 0.621. The second kappa shape index (κ2) is 4.52. The van der Waals surface area contributed by atoms with E-state index in [-0.39, 0.29) is 17.3 Å². The van der Waals surface area contributed by atoms with Crippen LogP contribution in [-0.2, 0) is 9.59 Å². The number of aliphatic imine (C=N–C) groups is 1. The molecule has 7 nitrogen and oxygen atoms in total. The van der Waals surface area contributed by atoms with Crippen LogP contribution < -0.4 is 10.9 Å². The van der Waals surface area contributed by atoms with Gasteiger partial charge in [0.25, 0.3) is 17.4 Å². The molecule has 0 bridgehead atoms. The van der Waals surface area contributed by atoms with E-state index in [2.05, 4.69) is 15.3 Å². The number of aryl methyl sites for hydroxylation is 1. The van der Waals surface area contributed by atoms with Gasteiger partial charge in [-0.25, -0.2) is 4.99 Å². The van der Waals surface area contributed by atoms with Crippen LogP contribution in [0, 0.1) is 6.92 Å². The molecular weight excluding hydrogens is 250 g/mol. The van der Waals surface area contributed by atoms with E-state index in [0.29, 0.717) is 11.1 Å². The summed E-state index contributed by atoms with van der Waals surface area (Å²) in [6.07, 6.45) is 1.31. The third-order valence-corrected chi connectivity index (χ3v) is 2.60. The number of hydrogen-bond donors (Lipinski definition) is 3. The standard InChI is InChI=1S/C12H11N3O4/c1-5-3-7(11(18)14-9(5)16)13-8-4-6(2)10(17)15-12(8)19/h3-4H,1-2H3,(H,14,16,18)(H2,15,17,19). The number of nitrogens with one attached hydrogen (secondary N) is 2. The number of pyridine rings is 1. The molecule has 2 rings (SSSR count). The van der Waals surface area contributed by atoms with Gasteiger partial charge in [-0.2, -0.15) is 0 Å². The van der Waals surface area contributed by atoms with Gasteiger partial charge in [-0.15, -0.1) is 0 Å². The first kappa shape index (κ1) is 12.7. The molecule has 2 heterocycles. The number of rotatable bonds is 1. The Morgan fingerprint density at radius 3 is 2.53 bits per heavy atom. The fraction of sp³-hybridized carbons (Fsp3) is 0.167. The minimum atomic E-state index is -0.666. The number of aromatic hydroxyl groups is 1. The zero-order valence-electron chi connectivity index (χ0n) is 10.3. The van der Waals surface area contributed by atoms with E-state index >= 15 is 0 Å². The Hall–Kier alpha value is -2.70. The Balaban J connectivity index is 2.53. The van der Waals surface area contributed by atoms with Crippen molar-refractivity contribution < 1.29 is 14.7 Å². The average Bonchev–Trinajstić information content (AvgIpc) is 2.32. The molecule has 2 amide bonds. The van der Waals surface area contributed by atoms with Gasteiger partial charge in [0.05, 0.1) is 0 Å². The van der Waals surface area contributed by atoms with Crippen LogP contribution >= 0.6 is 0 Å². The molecule has 0 spiro atoms. The van der Waals surface area contributed by atoms with Crippen molar-refractivity contribution in [3.63, 3.8) is 0 Å². The van der Waals surface area contributed by atoms with Crippen molar-refractivity contribution in [1.82, 2.24) is 10.3 Å². The number of hydrogen-bond acceptors (Lipinski definition) is 5. The monoisotopic (exact) mass is 261 g/mol. The third-order valence-electron chi connectivity index (χ3n) is 2.60. The van der Waals surface area contributed by atoms with E-state index in [9.17, 15) is 19.5 Å². The lowest BCUT2D eigenvalue weighted by Crippen LogP contribution is -2.40. The second-order valence-corrected chi connectivity index (χ2v) is 4.12. The number of carbonyl (C=O) groups excluding carboxylic acids is 2. The summed E-state index contributed by atoms with van der Waals surface area (Å²) in [5.74, 6) is -1.40. The maximum atomic E-state index is 11.6. The third kappa shape index (κ3) is 2.44. The molecule has 1 aliphatic rings. The van der Waals surface area contributed by atoms with Gasteiger partial charge in [0.2, 0.25) is 0 Å². The average molecular weight is 261 g/mol. The van der Waals surface area contributed by atoms with Crippen LogP contribution in [0.15, 0.2) is 27.5 Å². The topological polar surface area (TPSA) is 112 Å². The minimum Gasteiger partial charge on any atom is -0.494 e. The Kier molecular flexibility index (Phi) is 3.04. The highest BCUT2D eigenvalue weighted by molar-refractivity contribution is 6.49. The summed E-state index contributed by atoms with van der Waals surface area (Å²) in [6, 6.07) is 1.36. The van der Waals surface area contributed by atoms with Crippen LogP contribution in [0.4, 0.5) is 5.69 Å². The lowest BCUT2D eigenvalue weighted by molar-refractivity contribution is -0.125. The number of nitrogens with zero attached hydrogens (tertiary/aromatic N) is 1. The smallest absolute Gasteiger partial charge is 0.276 e. The van der Waals surface area contributed by atoms with Crippen LogP contribution in [0.5, 0.6) is 5.88 Å². The van der Waals surface area contributed by atoms with Crippen molar-refractivity contribution in [3.05, 3.63) is 33.6 Å². The van der Waals surface area contributed by atoms with Crippen molar-refractivity contribution >= 4 is 23.2 Å². The molecule has 0 radical (unpaired) electrons. The first-order valence-corrected chi connectivity index (χ1v) is 5.44. The van der Waals surface area contributed by atoms with Gasteiger partial charge in [-0.05, 0) is 26.0 Å². The van der Waals surface area contributed by atoms with Gasteiger partial charge < -0.3 is 5.11 Å². The van der Waals surface area contributed by atoms with Crippen molar-refractivity contribution in [2.75, 3.05) is 0 Å². The summed E-state index contributed by atoms with van der Waals surface area (Å²) >= 11 is 0. The van der Waals surface area contributed by atoms with E-state index in [0.717, 1.165) is 0 Å². The summed E-state index contributed by atoms with van der Waals surface area (Å²) in [7, 11) is 0. The number of aromatic amines is 1. The van der Waals surface area contributed by atoms with Crippen LogP contribution in [0.3, 0.4) is 0 Å². The van der Waals surface area contributed by atoms with Gasteiger partial charge in [0.1, 0.15) is 11.4 Å². The normalized spacial score (nSPS) is 17.4. The number of amides is 2. The van der Waals surface area contributed by atoms with Crippen molar-refractivity contribution in [1.29, 1.82) is 0 Å². The van der Waals surface area contributed by atoms with Gasteiger partial charge >= 0.3 is 0 Å². The molecule has 19 heavy (non-hydrogen) atoms. The largest absolute Gasteiger partial charge is 0.494 e. The SMILES string of the molecule is CC1=CC(=Nc2cc(C)c(O)[nH]c2=O)C(=O)NC1=O. The summed E-state index contributed by atoms with van der Waals surface area (Å²) in [5.41, 5.74) is 0.0788. The van der Waals surface area contributed by atoms with Crippen LogP contribution in [-0.4, -0.2) is 27.6 Å². The van der Waals surface area contributed by atoms with E-state index in [1.54, 1.807) is 6.92 Å². The lowest BCUT2D eigenvalue weighted by atomic mass is 10.1. The maximum Gasteiger partial charge on any atom is 0.276 e. The van der Waals surface area contributed by atoms with E-state index in [1.807, 2.05) is 0 Å². The van der Waals surface area contributed by atoms with Crippen molar-refractivity contribution in [2.45, 2.75) is 13.8 Å². The van der Waals surface area contributed by atoms with Crippen LogP contribution in [0.1, 0.15) is 12.5 Å². The molecule has 0 saturated carbocycles. The molecule has 3 N–H and O–H groups in total. The van der Waals surface area contributed by atoms with Gasteiger partial charge in [-0.1, -0.05) is 0 Å². The summed E-state index contributed by atoms with van der Waals surface area (Å²) in [6.45, 7) is 3.12. The Morgan fingerprint density at radius 2 is 1.84 bits per heavy atom. The van der Waals surface area contributed by atoms with E-state index in [4.69, 9.17) is 0 Å². The molecule has 0 saturated heterocycles. The molecule has 1 aromatic rings. The number of imide groups is 1. The van der Waals surface area contributed by atoms with Crippen LogP contribution in [0.25, 0.3) is 0 Å². The molecule has 0 aliphatic carbocycles. The number of carbonyl (C=O) groups is 2. The van der Waals surface area contributed by atoms with E-state index < -0.39 is 17.4 Å². The van der Waals surface area contributed by atoms with Gasteiger partial charge in [0.15, 0.2) is 5.88 Å². The fourth-order valence-corrected chi connectivity index (χ4v) is 1.51. The first-order chi connectivity index (χ1) is 8.88. The highest BCUT2D eigenvalue weighted by Gasteiger charge is 2.21. The molecule has 0 atom stereocenters. The number of H-pyrrole nitrogens is 1. The molecule has 0 fully saturated rings.